The third-order valence-corrected chi connectivity index (χ3v) is 12.7. The summed E-state index contributed by atoms with van der Waals surface area (Å²) in [6, 6.07) is 35.8. The lowest BCUT2D eigenvalue weighted by atomic mass is 9.77. The lowest BCUT2D eigenvalue weighted by Crippen LogP contribution is -2.38. The molecule has 8 nitrogen and oxygen atoms in total. The van der Waals surface area contributed by atoms with Gasteiger partial charge in [0.05, 0.1) is 11.1 Å². The standard InChI is InChI=1S/C61H60F10N2O6/c62-58(63,64)37-5-1-3-7-43-17-31-53(32-18-43)78-60(68,69)49-23-9-45(10-24-49)21-35-55(74)76-41-57(39-47-13-27-51(72)28-14-47,40-48-15-29-52(73)30-16-48)42-77-56(75)36-22-46-11-25-50(26-12-46)61(70,71)79-54-33-19-44(20-34-54)8-4-2-6-38-59(65,66)67/h9-36H,1-8,37-42,72-73H2/b35-21+,36-22+. The van der Waals surface area contributed by atoms with E-state index >= 15 is 17.6 Å². The number of anilines is 2. The average molecular weight is 1110 g/mol. The number of esters is 2. The Hall–Kier alpha value is -7.76. The van der Waals surface area contributed by atoms with Gasteiger partial charge >= 0.3 is 36.5 Å². The number of ether oxygens (including phenoxy) is 4. The topological polar surface area (TPSA) is 123 Å². The number of hydrogen-bond acceptors (Lipinski definition) is 8. The molecule has 0 fully saturated rings. The van der Waals surface area contributed by atoms with E-state index in [4.69, 9.17) is 30.4 Å². The maximum absolute atomic E-state index is 15.2. The second-order valence-electron chi connectivity index (χ2n) is 19.3. The van der Waals surface area contributed by atoms with Gasteiger partial charge < -0.3 is 30.4 Å². The molecule has 4 N–H and O–H groups in total. The van der Waals surface area contributed by atoms with Crippen molar-refractivity contribution in [1.82, 2.24) is 0 Å². The molecule has 0 aromatic heterocycles. The Bertz CT molecular complexity index is 2710. The van der Waals surface area contributed by atoms with Crippen LogP contribution in [0.4, 0.5) is 55.3 Å². The molecule has 0 amide bonds. The van der Waals surface area contributed by atoms with E-state index in [-0.39, 0.29) is 50.4 Å². The number of halogens is 10. The lowest BCUT2D eigenvalue weighted by molar-refractivity contribution is -0.186. The molecule has 0 aliphatic carbocycles. The quantitative estimate of drug-likeness (QED) is 0.0164. The van der Waals surface area contributed by atoms with Crippen molar-refractivity contribution < 1.29 is 72.4 Å². The number of carbonyl (C=O) groups excluding carboxylic acids is 2. The fraction of sp³-hybridized carbons (Fsp3) is 0.311. The van der Waals surface area contributed by atoms with Crippen molar-refractivity contribution in [3.8, 4) is 11.5 Å². The number of rotatable bonds is 28. The minimum Gasteiger partial charge on any atom is -0.462 e. The molecule has 6 aromatic rings. The molecule has 0 spiro atoms. The highest BCUT2D eigenvalue weighted by Crippen LogP contribution is 2.35. The van der Waals surface area contributed by atoms with Gasteiger partial charge in [-0.1, -0.05) is 85.6 Å². The van der Waals surface area contributed by atoms with Crippen molar-refractivity contribution in [3.05, 3.63) is 202 Å². The third kappa shape index (κ3) is 21.2. The molecule has 0 unspecified atom stereocenters. The Morgan fingerprint density at radius 1 is 0.405 bits per heavy atom. The van der Waals surface area contributed by atoms with Crippen LogP contribution in [0.3, 0.4) is 0 Å². The summed E-state index contributed by atoms with van der Waals surface area (Å²) in [5, 5.41) is 0. The Morgan fingerprint density at radius 3 is 1.06 bits per heavy atom. The summed E-state index contributed by atoms with van der Waals surface area (Å²) in [5.41, 5.74) is 14.8. The number of nitrogens with two attached hydrogens (primary N) is 2. The molecule has 6 rings (SSSR count). The molecule has 420 valence electrons. The summed E-state index contributed by atoms with van der Waals surface area (Å²) >= 11 is 0. The van der Waals surface area contributed by atoms with Gasteiger partial charge in [-0.05, 0) is 170 Å². The number of aryl methyl sites for hydroxylation is 2. The van der Waals surface area contributed by atoms with E-state index in [0.29, 0.717) is 61.0 Å². The molecule has 0 radical (unpaired) electrons. The van der Waals surface area contributed by atoms with Crippen LogP contribution in [-0.2, 0) is 57.0 Å². The first kappa shape index (κ1) is 60.5. The predicted octanol–water partition coefficient (Wildman–Crippen LogP) is 15.7. The number of carbonyl (C=O) groups is 2. The molecule has 0 atom stereocenters. The van der Waals surface area contributed by atoms with Crippen molar-refractivity contribution >= 4 is 35.5 Å². The van der Waals surface area contributed by atoms with Gasteiger partial charge in [0.2, 0.25) is 0 Å². The molecule has 6 aromatic carbocycles. The summed E-state index contributed by atoms with van der Waals surface area (Å²) < 4.78 is 157. The van der Waals surface area contributed by atoms with Gasteiger partial charge in [0, 0.05) is 41.8 Å². The Morgan fingerprint density at radius 2 is 0.734 bits per heavy atom. The number of alkyl halides is 10. The van der Waals surface area contributed by atoms with Crippen LogP contribution < -0.4 is 20.9 Å². The largest absolute Gasteiger partial charge is 0.462 e. The summed E-state index contributed by atoms with van der Waals surface area (Å²) in [6.07, 6.45) is -9.35. The van der Waals surface area contributed by atoms with Crippen LogP contribution in [0.5, 0.6) is 11.5 Å². The molecule has 0 aliphatic heterocycles. The van der Waals surface area contributed by atoms with E-state index < -0.39 is 65.9 Å². The van der Waals surface area contributed by atoms with E-state index in [1.807, 2.05) is 0 Å². The smallest absolute Gasteiger partial charge is 0.426 e. The fourth-order valence-corrected chi connectivity index (χ4v) is 8.42. The molecule has 0 bridgehead atoms. The van der Waals surface area contributed by atoms with Gasteiger partial charge in [-0.15, -0.1) is 0 Å². The Labute approximate surface area is 452 Å². The second kappa shape index (κ2) is 27.7. The molecule has 0 heterocycles. The van der Waals surface area contributed by atoms with E-state index in [1.165, 1.54) is 60.7 Å². The molecule has 0 aliphatic rings. The molecular formula is C61H60F10N2O6. The second-order valence-corrected chi connectivity index (χ2v) is 19.3. The number of benzene rings is 6. The SMILES string of the molecule is Nc1ccc(CC(COC(=O)/C=C/c2ccc(C(F)(F)Oc3ccc(CCCCCC(F)(F)F)cc3)cc2)(COC(=O)/C=C/c2ccc(C(F)(F)Oc3ccc(CCCCCC(F)(F)F)cc3)cc2)Cc2ccc(N)cc2)cc1. The monoisotopic (exact) mass is 1110 g/mol. The van der Waals surface area contributed by atoms with Gasteiger partial charge in [-0.3, -0.25) is 0 Å². The van der Waals surface area contributed by atoms with Gasteiger partial charge in [0.15, 0.2) is 0 Å². The molecular weight excluding hydrogens is 1050 g/mol. The van der Waals surface area contributed by atoms with Crippen LogP contribution in [0, 0.1) is 5.41 Å². The van der Waals surface area contributed by atoms with Crippen molar-refractivity contribution in [2.75, 3.05) is 24.7 Å². The number of nitrogen functional groups attached to an aromatic ring is 2. The van der Waals surface area contributed by atoms with E-state index in [1.54, 1.807) is 72.8 Å². The zero-order valence-electron chi connectivity index (χ0n) is 42.9. The lowest BCUT2D eigenvalue weighted by Gasteiger charge is -2.33. The molecule has 18 heteroatoms. The zero-order chi connectivity index (χ0) is 57.1. The first-order valence-corrected chi connectivity index (χ1v) is 25.5. The average Bonchev–Trinajstić information content (AvgIpc) is 3.41. The Kier molecular flexibility index (Phi) is 21.2. The summed E-state index contributed by atoms with van der Waals surface area (Å²) in [5.74, 6) is -1.81. The highest BCUT2D eigenvalue weighted by molar-refractivity contribution is 5.87. The van der Waals surface area contributed by atoms with Crippen LogP contribution in [0.25, 0.3) is 12.2 Å². The maximum Gasteiger partial charge on any atom is 0.426 e. The first-order chi connectivity index (χ1) is 37.4. The van der Waals surface area contributed by atoms with Crippen molar-refractivity contribution in [2.45, 2.75) is 102 Å². The first-order valence-electron chi connectivity index (χ1n) is 25.5. The number of hydrogen-bond donors (Lipinski definition) is 2. The molecule has 0 saturated heterocycles. The van der Waals surface area contributed by atoms with E-state index in [2.05, 4.69) is 0 Å². The maximum atomic E-state index is 15.2. The van der Waals surface area contributed by atoms with Crippen LogP contribution in [0.2, 0.25) is 0 Å². The fourth-order valence-electron chi connectivity index (χ4n) is 8.42. The van der Waals surface area contributed by atoms with Gasteiger partial charge in [-0.2, -0.15) is 43.9 Å². The van der Waals surface area contributed by atoms with E-state index in [9.17, 15) is 35.9 Å². The van der Waals surface area contributed by atoms with Crippen LogP contribution >= 0.6 is 0 Å². The predicted molar refractivity (Wildman–Crippen MR) is 283 cm³/mol. The highest BCUT2D eigenvalue weighted by atomic mass is 19.4. The Balaban J connectivity index is 1.07. The van der Waals surface area contributed by atoms with Crippen molar-refractivity contribution in [3.63, 3.8) is 0 Å². The summed E-state index contributed by atoms with van der Waals surface area (Å²) in [7, 11) is 0. The van der Waals surface area contributed by atoms with Crippen LogP contribution in [0.1, 0.15) is 95.9 Å². The highest BCUT2D eigenvalue weighted by Gasteiger charge is 2.37. The van der Waals surface area contributed by atoms with E-state index in [0.717, 1.165) is 58.7 Å². The van der Waals surface area contributed by atoms with Crippen molar-refractivity contribution in [1.29, 1.82) is 0 Å². The number of unbranched alkanes of at least 4 members (excludes halogenated alkanes) is 4. The van der Waals surface area contributed by atoms with Crippen LogP contribution in [-0.4, -0.2) is 37.5 Å². The van der Waals surface area contributed by atoms with Crippen molar-refractivity contribution in [2.24, 2.45) is 5.41 Å². The zero-order valence-corrected chi connectivity index (χ0v) is 42.9. The summed E-state index contributed by atoms with van der Waals surface area (Å²) in [4.78, 5) is 26.7. The van der Waals surface area contributed by atoms with Gasteiger partial charge in [0.1, 0.15) is 24.7 Å². The van der Waals surface area contributed by atoms with Gasteiger partial charge in [-0.25, -0.2) is 9.59 Å². The minimum absolute atomic E-state index is 0.0166. The third-order valence-electron chi connectivity index (χ3n) is 12.7. The van der Waals surface area contributed by atoms with Crippen LogP contribution in [0.15, 0.2) is 158 Å². The molecule has 0 saturated carbocycles. The summed E-state index contributed by atoms with van der Waals surface area (Å²) in [6.45, 7) is -0.548. The van der Waals surface area contributed by atoms with Gasteiger partial charge in [0.25, 0.3) is 0 Å². The minimum atomic E-state index is -4.20. The normalized spacial score (nSPS) is 12.5. The molecule has 79 heavy (non-hydrogen) atoms.